The largest absolute Gasteiger partial charge is 1.00 e. The van der Waals surface area contributed by atoms with Crippen molar-refractivity contribution in [3.63, 3.8) is 0 Å². The van der Waals surface area contributed by atoms with Gasteiger partial charge in [-0.25, -0.2) is 0 Å². The number of carboxylic acid groups (broad SMARTS) is 1. The molecule has 0 aromatic heterocycles. The second-order valence-corrected chi connectivity index (χ2v) is 12.4. The Morgan fingerprint density at radius 3 is 1.00 bits per heavy atom. The average molecular weight is 705 g/mol. The van der Waals surface area contributed by atoms with Gasteiger partial charge in [0, 0.05) is 11.5 Å². The molecule has 0 aliphatic carbocycles. The third-order valence-corrected chi connectivity index (χ3v) is 8.26. The van der Waals surface area contributed by atoms with Gasteiger partial charge in [-0.2, -0.15) is 0 Å². The minimum atomic E-state index is -1.08. The number of hydrogen-bond acceptors (Lipinski definition) is 2. The smallest absolute Gasteiger partial charge is 0.104 e. The van der Waals surface area contributed by atoms with Crippen molar-refractivity contribution in [3.8, 4) is 0 Å². The van der Waals surface area contributed by atoms with Crippen molar-refractivity contribution in [2.24, 2.45) is 0 Å². The van der Waals surface area contributed by atoms with Gasteiger partial charge in [0.05, 0.1) is 45.8 Å². The summed E-state index contributed by atoms with van der Waals surface area (Å²) in [6.07, 6.45) is 19.1. The molecule has 0 N–H and O–H groups in total. The Morgan fingerprint density at radius 1 is 0.524 bits per heavy atom. The molecular weight excluding hydrogens is 631 g/mol. The van der Waals surface area contributed by atoms with Crippen LogP contribution >= 0.6 is 0 Å². The van der Waals surface area contributed by atoms with E-state index < -0.39 is 5.97 Å². The minimum Gasteiger partial charge on any atom is -1.00 e. The Kier molecular flexibility index (Phi) is 34.6. The Bertz CT molecular complexity index is 620. The van der Waals surface area contributed by atoms with E-state index in [0.717, 1.165) is 6.92 Å². The first-order valence-corrected chi connectivity index (χ1v) is 17.7. The maximum Gasteiger partial charge on any atom is 0.104 e. The summed E-state index contributed by atoms with van der Waals surface area (Å²) in [5, 5.41) is 8.89. The van der Waals surface area contributed by atoms with Crippen molar-refractivity contribution in [2.45, 2.75) is 152 Å². The Labute approximate surface area is 281 Å². The number of aliphatic carboxylic acids is 1. The summed E-state index contributed by atoms with van der Waals surface area (Å²) in [5.41, 5.74) is 1.51. The van der Waals surface area contributed by atoms with E-state index in [0.29, 0.717) is 0 Å². The third-order valence-electron chi connectivity index (χ3n) is 8.26. The van der Waals surface area contributed by atoms with Crippen LogP contribution in [0.2, 0.25) is 0 Å². The van der Waals surface area contributed by atoms with Gasteiger partial charge in [-0.05, 0) is 51.9 Å². The summed E-state index contributed by atoms with van der Waals surface area (Å²) in [7, 11) is 0. The lowest BCUT2D eigenvalue weighted by Crippen LogP contribution is -3.00. The summed E-state index contributed by atoms with van der Waals surface area (Å²) in [5.74, 6) is -1.08. The van der Waals surface area contributed by atoms with E-state index >= 15 is 0 Å². The van der Waals surface area contributed by atoms with Gasteiger partial charge in [-0.1, -0.05) is 124 Å². The monoisotopic (exact) mass is 704 g/mol. The fraction of sp³-hybridized carbons (Fsp3) is 0.811. The fourth-order valence-electron chi connectivity index (χ4n) is 5.67. The molecule has 1 aromatic carbocycles. The number of benzene rings is 1. The standard InChI is InChI=1S/C19H34N.C16H36N.C2H4O2.HI/c1-4-7-15-20(16-8-5-2,17-9-6-3)18-19-13-11-10-12-14-19;1-5-9-13-17(14-10-6-2,15-11-7-3)16-12-8-4;1-2(3)4;/h10-14H,4-9,15-18H2,1-3H3;5-16H2,1-4H3;1H3,(H,3,4);1H/q2*+1;;/p-2. The highest BCUT2D eigenvalue weighted by molar-refractivity contribution is 5.60. The molecule has 0 radical (unpaired) electrons. The van der Waals surface area contributed by atoms with Crippen molar-refractivity contribution in [1.29, 1.82) is 0 Å². The first-order chi connectivity index (χ1) is 19.7. The van der Waals surface area contributed by atoms with Gasteiger partial charge in [-0.3, -0.25) is 0 Å². The number of hydrogen-bond donors (Lipinski definition) is 0. The van der Waals surface area contributed by atoms with Crippen LogP contribution in [0.25, 0.3) is 0 Å². The Hall–Kier alpha value is -0.660. The molecular formula is C37H73IN2O2. The van der Waals surface area contributed by atoms with Crippen LogP contribution < -0.4 is 29.1 Å². The van der Waals surface area contributed by atoms with E-state index in [1.54, 1.807) is 0 Å². The molecule has 1 rings (SSSR count). The van der Waals surface area contributed by atoms with E-state index in [1.807, 2.05) is 0 Å². The fourth-order valence-corrected chi connectivity index (χ4v) is 5.67. The molecule has 0 fully saturated rings. The number of carbonyl (C=O) groups excluding carboxylic acids is 1. The van der Waals surface area contributed by atoms with Gasteiger partial charge in [0.25, 0.3) is 0 Å². The molecule has 0 saturated carbocycles. The van der Waals surface area contributed by atoms with Crippen LogP contribution in [0.1, 0.15) is 151 Å². The third kappa shape index (κ3) is 25.8. The topological polar surface area (TPSA) is 40.1 Å². The van der Waals surface area contributed by atoms with Crippen LogP contribution in [-0.2, 0) is 11.3 Å². The van der Waals surface area contributed by atoms with Gasteiger partial charge >= 0.3 is 0 Å². The highest BCUT2D eigenvalue weighted by atomic mass is 127. The molecule has 0 aliphatic rings. The highest BCUT2D eigenvalue weighted by Crippen LogP contribution is 2.20. The molecule has 0 aliphatic heterocycles. The molecule has 42 heavy (non-hydrogen) atoms. The zero-order chi connectivity index (χ0) is 31.2. The first kappa shape index (κ1) is 45.8. The zero-order valence-electron chi connectivity index (χ0n) is 29.5. The molecule has 0 amide bonds. The Morgan fingerprint density at radius 2 is 0.762 bits per heavy atom. The van der Waals surface area contributed by atoms with Gasteiger partial charge in [0.2, 0.25) is 0 Å². The van der Waals surface area contributed by atoms with Crippen molar-refractivity contribution >= 4 is 5.97 Å². The lowest BCUT2D eigenvalue weighted by molar-refractivity contribution is -0.941. The minimum absolute atomic E-state index is 0. The lowest BCUT2D eigenvalue weighted by Gasteiger charge is -2.39. The summed E-state index contributed by atoms with van der Waals surface area (Å²) in [6.45, 7) is 28.2. The molecule has 4 nitrogen and oxygen atoms in total. The van der Waals surface area contributed by atoms with Crippen LogP contribution in [0.4, 0.5) is 0 Å². The van der Waals surface area contributed by atoms with Gasteiger partial charge in [0.1, 0.15) is 6.54 Å². The number of quaternary nitrogens is 2. The van der Waals surface area contributed by atoms with E-state index in [9.17, 15) is 0 Å². The second-order valence-electron chi connectivity index (χ2n) is 12.4. The van der Waals surface area contributed by atoms with Crippen LogP contribution in [-0.4, -0.2) is 60.7 Å². The van der Waals surface area contributed by atoms with Gasteiger partial charge < -0.3 is 42.8 Å². The van der Waals surface area contributed by atoms with Crippen molar-refractivity contribution in [1.82, 2.24) is 0 Å². The summed E-state index contributed by atoms with van der Waals surface area (Å²) < 4.78 is 2.73. The number of carboxylic acids is 1. The highest BCUT2D eigenvalue weighted by Gasteiger charge is 2.26. The molecule has 0 atom stereocenters. The summed E-state index contributed by atoms with van der Waals surface area (Å²) in [4.78, 5) is 8.89. The summed E-state index contributed by atoms with van der Waals surface area (Å²) in [6, 6.07) is 11.1. The number of rotatable bonds is 23. The predicted octanol–water partition coefficient (Wildman–Crippen LogP) is 6.17. The molecule has 0 unspecified atom stereocenters. The normalized spacial score (nSPS) is 11.0. The molecule has 0 saturated heterocycles. The second kappa shape index (κ2) is 31.8. The molecule has 250 valence electrons. The zero-order valence-corrected chi connectivity index (χ0v) is 31.7. The van der Waals surface area contributed by atoms with Crippen LogP contribution in [0.15, 0.2) is 30.3 Å². The number of unbranched alkanes of at least 4 members (excludes halogenated alkanes) is 7. The average Bonchev–Trinajstić information content (AvgIpc) is 2.97. The van der Waals surface area contributed by atoms with Crippen molar-refractivity contribution in [3.05, 3.63) is 35.9 Å². The molecule has 0 spiro atoms. The van der Waals surface area contributed by atoms with Gasteiger partial charge in [0.15, 0.2) is 0 Å². The lowest BCUT2D eigenvalue weighted by atomic mass is 10.1. The number of halogens is 1. The van der Waals surface area contributed by atoms with E-state index in [1.165, 1.54) is 157 Å². The quantitative estimate of drug-likeness (QED) is 0.101. The van der Waals surface area contributed by atoms with Gasteiger partial charge in [-0.15, -0.1) is 0 Å². The maximum absolute atomic E-state index is 8.89. The molecule has 0 heterocycles. The molecule has 0 bridgehead atoms. The van der Waals surface area contributed by atoms with E-state index in [4.69, 9.17) is 9.90 Å². The molecule has 1 aromatic rings. The first-order valence-electron chi connectivity index (χ1n) is 17.7. The van der Waals surface area contributed by atoms with Crippen LogP contribution in [0.3, 0.4) is 0 Å². The van der Waals surface area contributed by atoms with Crippen LogP contribution in [0, 0.1) is 0 Å². The number of carbonyl (C=O) groups is 1. The Balaban J connectivity index is -0.000000635. The predicted molar refractivity (Wildman–Crippen MR) is 180 cm³/mol. The maximum atomic E-state index is 8.89. The summed E-state index contributed by atoms with van der Waals surface area (Å²) >= 11 is 0. The van der Waals surface area contributed by atoms with Crippen molar-refractivity contribution < 1.29 is 42.8 Å². The van der Waals surface area contributed by atoms with Crippen molar-refractivity contribution in [2.75, 3.05) is 45.8 Å². The molecule has 5 heteroatoms. The SMILES string of the molecule is CC(=O)[O-].CCCC[N+](CCCC)(CCCC)CCCC.CCCC[N+](CCCC)(CCCC)Cc1ccccc1.[I-]. The van der Waals surface area contributed by atoms with Crippen LogP contribution in [0.5, 0.6) is 0 Å². The van der Waals surface area contributed by atoms with E-state index in [2.05, 4.69) is 78.8 Å². The van der Waals surface area contributed by atoms with E-state index in [-0.39, 0.29) is 24.0 Å². The number of nitrogens with zero attached hydrogens (tertiary/aromatic N) is 2.